The van der Waals surface area contributed by atoms with Crippen molar-refractivity contribution in [1.29, 1.82) is 0 Å². The molecule has 0 atom stereocenters. The third-order valence-corrected chi connectivity index (χ3v) is 2.95. The third-order valence-electron chi connectivity index (χ3n) is 2.11. The number of hydrogen-bond acceptors (Lipinski definition) is 7. The molecule has 0 fully saturated rings. The van der Waals surface area contributed by atoms with Crippen LogP contribution in [0.15, 0.2) is 10.5 Å². The largest absolute Gasteiger partial charge is 0.422 e. The van der Waals surface area contributed by atoms with Crippen molar-refractivity contribution in [3.05, 3.63) is 6.07 Å². The highest BCUT2D eigenvalue weighted by atomic mass is 32.1. The number of hydrogen-bond donors (Lipinski definition) is 3. The first-order chi connectivity index (χ1) is 7.74. The van der Waals surface area contributed by atoms with Gasteiger partial charge in [-0.05, 0) is 0 Å². The Morgan fingerprint density at radius 3 is 2.62 bits per heavy atom. The summed E-state index contributed by atoms with van der Waals surface area (Å²) in [5.41, 5.74) is 6.24. The zero-order valence-corrected chi connectivity index (χ0v) is 9.40. The van der Waals surface area contributed by atoms with Gasteiger partial charge in [-0.15, -0.1) is 0 Å². The van der Waals surface area contributed by atoms with Crippen LogP contribution in [0, 0.1) is 0 Å². The van der Waals surface area contributed by atoms with Crippen LogP contribution in [0.5, 0.6) is 0 Å². The normalized spacial score (nSPS) is 11.1. The second-order valence-corrected chi connectivity index (χ2v) is 4.31. The van der Waals surface area contributed by atoms with Crippen molar-refractivity contribution in [2.75, 3.05) is 36.9 Å². The molecule has 0 amide bonds. The van der Waals surface area contributed by atoms with Crippen LogP contribution < -0.4 is 10.6 Å². The number of nitrogens with zero attached hydrogens (tertiary/aromatic N) is 2. The minimum Gasteiger partial charge on any atom is -0.422 e. The number of aliphatic hydroxyl groups is 2. The Bertz CT molecular complexity index is 430. The molecule has 0 aliphatic carbocycles. The number of anilines is 2. The molecule has 2 aromatic rings. The summed E-state index contributed by atoms with van der Waals surface area (Å²) in [6, 6.07) is 2.12. The monoisotopic (exact) mass is 243 g/mol. The Hall–Kier alpha value is -1.31. The number of nitrogens with two attached hydrogens (primary N) is 1. The van der Waals surface area contributed by atoms with E-state index in [9.17, 15) is 0 Å². The van der Waals surface area contributed by atoms with Gasteiger partial charge in [0.1, 0.15) is 0 Å². The number of fused-ring (bicyclic) bond motifs is 1. The van der Waals surface area contributed by atoms with E-state index in [0.29, 0.717) is 29.7 Å². The maximum atomic E-state index is 8.88. The summed E-state index contributed by atoms with van der Waals surface area (Å²) in [5, 5.41) is 18.4. The highest BCUT2D eigenvalue weighted by Crippen LogP contribution is 2.30. The maximum Gasteiger partial charge on any atom is 0.299 e. The van der Waals surface area contributed by atoms with E-state index in [-0.39, 0.29) is 13.2 Å². The van der Waals surface area contributed by atoms with Gasteiger partial charge < -0.3 is 25.3 Å². The van der Waals surface area contributed by atoms with Gasteiger partial charge in [0.2, 0.25) is 0 Å². The van der Waals surface area contributed by atoms with Gasteiger partial charge in [-0.25, -0.2) is 0 Å². The molecule has 2 aromatic heterocycles. The fraction of sp³-hybridized carbons (Fsp3) is 0.444. The number of oxazole rings is 1. The first-order valence-electron chi connectivity index (χ1n) is 4.87. The lowest BCUT2D eigenvalue weighted by Gasteiger charge is -2.17. The Kier molecular flexibility index (Phi) is 3.28. The van der Waals surface area contributed by atoms with Crippen molar-refractivity contribution in [3.63, 3.8) is 0 Å². The Labute approximate surface area is 95.9 Å². The van der Waals surface area contributed by atoms with Crippen LogP contribution in [0.4, 0.5) is 11.0 Å². The maximum absolute atomic E-state index is 8.88. The van der Waals surface area contributed by atoms with Crippen LogP contribution in [0.25, 0.3) is 10.4 Å². The summed E-state index contributed by atoms with van der Waals surface area (Å²) < 4.78 is 5.48. The molecule has 2 rings (SSSR count). The first kappa shape index (κ1) is 11.2. The van der Waals surface area contributed by atoms with E-state index in [4.69, 9.17) is 20.4 Å². The fourth-order valence-corrected chi connectivity index (χ4v) is 2.14. The van der Waals surface area contributed by atoms with Crippen molar-refractivity contribution in [2.45, 2.75) is 0 Å². The van der Waals surface area contributed by atoms with Gasteiger partial charge in [0.15, 0.2) is 10.4 Å². The van der Waals surface area contributed by atoms with E-state index in [2.05, 4.69) is 4.98 Å². The van der Waals surface area contributed by atoms with Crippen LogP contribution in [0.1, 0.15) is 0 Å². The summed E-state index contributed by atoms with van der Waals surface area (Å²) in [4.78, 5) is 6.66. The van der Waals surface area contributed by atoms with E-state index < -0.39 is 0 Å². The number of aliphatic hydroxyl groups excluding tert-OH is 2. The predicted octanol–water partition coefficient (Wildman–Crippen LogP) is 0.263. The highest BCUT2D eigenvalue weighted by Gasteiger charge is 2.14. The highest BCUT2D eigenvalue weighted by molar-refractivity contribution is 7.22. The van der Waals surface area contributed by atoms with Gasteiger partial charge in [-0.2, -0.15) is 4.98 Å². The van der Waals surface area contributed by atoms with E-state index in [1.165, 1.54) is 11.3 Å². The van der Waals surface area contributed by atoms with Crippen LogP contribution in [-0.2, 0) is 0 Å². The molecule has 0 unspecified atom stereocenters. The van der Waals surface area contributed by atoms with Crippen LogP contribution in [-0.4, -0.2) is 41.5 Å². The summed E-state index contributed by atoms with van der Waals surface area (Å²) in [6.45, 7) is 0.726. The van der Waals surface area contributed by atoms with Gasteiger partial charge in [-0.3, -0.25) is 0 Å². The van der Waals surface area contributed by atoms with Crippen molar-refractivity contribution in [1.82, 2.24) is 4.98 Å². The molecule has 0 saturated heterocycles. The number of rotatable bonds is 5. The molecular weight excluding hydrogens is 230 g/mol. The summed E-state index contributed by atoms with van der Waals surface area (Å²) >= 11 is 1.35. The second-order valence-electron chi connectivity index (χ2n) is 3.25. The average Bonchev–Trinajstić information content (AvgIpc) is 2.74. The predicted molar refractivity (Wildman–Crippen MR) is 62.7 cm³/mol. The minimum absolute atomic E-state index is 0.0157. The SMILES string of the molecule is Nc1cc2oc(N(CCO)CCO)nc2s1. The first-order valence-corrected chi connectivity index (χ1v) is 5.68. The summed E-state index contributed by atoms with van der Waals surface area (Å²) in [5.74, 6) is 0. The zero-order chi connectivity index (χ0) is 11.5. The molecule has 0 saturated carbocycles. The molecule has 0 spiro atoms. The Morgan fingerprint density at radius 2 is 2.06 bits per heavy atom. The topological polar surface area (TPSA) is 95.8 Å². The van der Waals surface area contributed by atoms with Crippen LogP contribution in [0.3, 0.4) is 0 Å². The van der Waals surface area contributed by atoms with Gasteiger partial charge in [-0.1, -0.05) is 11.3 Å². The molecule has 16 heavy (non-hydrogen) atoms. The van der Waals surface area contributed by atoms with Crippen molar-refractivity contribution < 1.29 is 14.6 Å². The fourth-order valence-electron chi connectivity index (χ4n) is 1.42. The molecule has 88 valence electrons. The van der Waals surface area contributed by atoms with E-state index >= 15 is 0 Å². The molecule has 0 aliphatic rings. The van der Waals surface area contributed by atoms with Gasteiger partial charge in [0.25, 0.3) is 6.01 Å². The summed E-state index contributed by atoms with van der Waals surface area (Å²) in [7, 11) is 0. The second kappa shape index (κ2) is 4.69. The Morgan fingerprint density at radius 1 is 1.38 bits per heavy atom. The van der Waals surface area contributed by atoms with Crippen molar-refractivity contribution >= 4 is 32.8 Å². The standard InChI is InChI=1S/C9H13N3O3S/c10-7-5-6-8(16-7)11-9(15-6)12(1-3-13)2-4-14/h5,13-14H,1-4,10H2. The van der Waals surface area contributed by atoms with E-state index in [1.807, 2.05) is 0 Å². The van der Waals surface area contributed by atoms with Crippen LogP contribution in [0.2, 0.25) is 0 Å². The molecule has 0 aromatic carbocycles. The molecule has 0 radical (unpaired) electrons. The third kappa shape index (κ3) is 2.11. The Balaban J connectivity index is 2.25. The number of thiophene rings is 1. The van der Waals surface area contributed by atoms with Gasteiger partial charge in [0.05, 0.1) is 18.2 Å². The quantitative estimate of drug-likeness (QED) is 0.697. The molecule has 0 bridgehead atoms. The average molecular weight is 243 g/mol. The zero-order valence-electron chi connectivity index (χ0n) is 8.59. The lowest BCUT2D eigenvalue weighted by molar-refractivity contribution is 0.277. The molecule has 6 nitrogen and oxygen atoms in total. The van der Waals surface area contributed by atoms with E-state index in [0.717, 1.165) is 4.83 Å². The molecule has 2 heterocycles. The minimum atomic E-state index is -0.0157. The molecule has 7 heteroatoms. The van der Waals surface area contributed by atoms with Crippen molar-refractivity contribution in [2.24, 2.45) is 0 Å². The van der Waals surface area contributed by atoms with E-state index in [1.54, 1.807) is 11.0 Å². The lowest BCUT2D eigenvalue weighted by atomic mass is 10.5. The van der Waals surface area contributed by atoms with Crippen LogP contribution >= 0.6 is 11.3 Å². The van der Waals surface area contributed by atoms with Gasteiger partial charge in [0, 0.05) is 19.2 Å². The molecule has 4 N–H and O–H groups in total. The smallest absolute Gasteiger partial charge is 0.299 e. The van der Waals surface area contributed by atoms with Crippen molar-refractivity contribution in [3.8, 4) is 0 Å². The number of nitrogen functional groups attached to an aromatic ring is 1. The van der Waals surface area contributed by atoms with Gasteiger partial charge >= 0.3 is 0 Å². The lowest BCUT2D eigenvalue weighted by Crippen LogP contribution is -2.29. The molecular formula is C9H13N3O3S. The summed E-state index contributed by atoms with van der Waals surface area (Å²) in [6.07, 6.45) is 0. The molecule has 0 aliphatic heterocycles. The number of aromatic nitrogens is 1.